The molecule has 0 aliphatic carbocycles. The second kappa shape index (κ2) is 7.70. The van der Waals surface area contributed by atoms with E-state index < -0.39 is 7.82 Å². The molecule has 0 aliphatic rings. The van der Waals surface area contributed by atoms with Gasteiger partial charge < -0.3 is 0 Å². The maximum absolute atomic E-state index is 10.7. The molecule has 0 aromatic carbocycles. The number of rotatable bonds is 3. The summed E-state index contributed by atoms with van der Waals surface area (Å²) in [5.74, 6) is 0. The third-order valence-electron chi connectivity index (χ3n) is 0.671. The van der Waals surface area contributed by atoms with Gasteiger partial charge in [-0.2, -0.15) is 5.26 Å². The zero-order valence-electron chi connectivity index (χ0n) is 7.03. The average Bonchev–Trinajstić information content (AvgIpc) is 2.05. The van der Waals surface area contributed by atoms with Crippen LogP contribution < -0.4 is 0 Å². The predicted octanol–water partition coefficient (Wildman–Crippen LogP) is 1.56. The minimum atomic E-state index is -3.16. The van der Waals surface area contributed by atoms with Crippen molar-refractivity contribution in [2.24, 2.45) is 0 Å². The van der Waals surface area contributed by atoms with Crippen molar-refractivity contribution in [2.75, 3.05) is 21.3 Å². The van der Waals surface area contributed by atoms with Crippen LogP contribution in [0.3, 0.4) is 0 Å². The highest BCUT2D eigenvalue weighted by atomic mass is 31.2. The standard InChI is InChI=1S/C3H9O4P.C2H3N/c1-5-8(4,6-2)7-3;1-2-3/h1-3H3;1H3. The zero-order valence-corrected chi connectivity index (χ0v) is 7.92. The number of hydrogen-bond acceptors (Lipinski definition) is 5. The zero-order chi connectivity index (χ0) is 9.33. The summed E-state index contributed by atoms with van der Waals surface area (Å²) < 4.78 is 23.7. The molecule has 0 aliphatic heterocycles. The predicted molar refractivity (Wildman–Crippen MR) is 39.9 cm³/mol. The summed E-state index contributed by atoms with van der Waals surface area (Å²) in [5.41, 5.74) is 0. The van der Waals surface area contributed by atoms with Gasteiger partial charge in [0, 0.05) is 28.3 Å². The Morgan fingerprint density at radius 2 is 1.36 bits per heavy atom. The van der Waals surface area contributed by atoms with Crippen LogP contribution in [0.2, 0.25) is 0 Å². The molecule has 0 saturated carbocycles. The van der Waals surface area contributed by atoms with Gasteiger partial charge in [0.05, 0.1) is 6.07 Å². The first-order valence-electron chi connectivity index (χ1n) is 2.68. The summed E-state index contributed by atoms with van der Waals surface area (Å²) in [6.45, 7) is 1.43. The SMILES string of the molecule is CC#N.COP(=O)(OC)OC. The van der Waals surface area contributed by atoms with Gasteiger partial charge in [-0.15, -0.1) is 0 Å². The van der Waals surface area contributed by atoms with Crippen molar-refractivity contribution in [3.05, 3.63) is 0 Å². The van der Waals surface area contributed by atoms with E-state index in [0.29, 0.717) is 0 Å². The van der Waals surface area contributed by atoms with Gasteiger partial charge >= 0.3 is 7.82 Å². The van der Waals surface area contributed by atoms with Gasteiger partial charge in [0.2, 0.25) is 0 Å². The highest BCUT2D eigenvalue weighted by Crippen LogP contribution is 2.46. The third-order valence-corrected chi connectivity index (χ3v) is 2.01. The fourth-order valence-electron chi connectivity index (χ4n) is 0.224. The lowest BCUT2D eigenvalue weighted by atomic mass is 11.0. The number of hydrogen-bond donors (Lipinski definition) is 0. The molecular weight excluding hydrogens is 169 g/mol. The van der Waals surface area contributed by atoms with E-state index in [2.05, 4.69) is 13.6 Å². The Morgan fingerprint density at radius 3 is 1.36 bits per heavy atom. The van der Waals surface area contributed by atoms with Gasteiger partial charge in [0.1, 0.15) is 0 Å². The van der Waals surface area contributed by atoms with Gasteiger partial charge in [0.15, 0.2) is 0 Å². The van der Waals surface area contributed by atoms with E-state index in [4.69, 9.17) is 5.26 Å². The highest BCUT2D eigenvalue weighted by Gasteiger charge is 2.18. The normalized spacial score (nSPS) is 9.36. The first kappa shape index (κ1) is 13.2. The second-order valence-corrected chi connectivity index (χ2v) is 3.21. The highest BCUT2D eigenvalue weighted by molar-refractivity contribution is 7.48. The van der Waals surface area contributed by atoms with E-state index in [1.54, 1.807) is 6.07 Å². The number of phosphoric ester groups is 1. The van der Waals surface area contributed by atoms with E-state index >= 15 is 0 Å². The molecule has 66 valence electrons. The third kappa shape index (κ3) is 7.50. The first-order chi connectivity index (χ1) is 5.10. The van der Waals surface area contributed by atoms with E-state index in [-0.39, 0.29) is 0 Å². The van der Waals surface area contributed by atoms with E-state index in [0.717, 1.165) is 0 Å². The number of nitriles is 1. The van der Waals surface area contributed by atoms with Crippen LogP contribution in [0.15, 0.2) is 0 Å². The molecular formula is C5H12NO4P. The molecule has 0 unspecified atom stereocenters. The Bertz CT molecular complexity index is 145. The van der Waals surface area contributed by atoms with Crippen LogP contribution in [0.1, 0.15) is 6.92 Å². The molecule has 0 rings (SSSR count). The molecule has 0 aromatic heterocycles. The van der Waals surface area contributed by atoms with Gasteiger partial charge in [-0.1, -0.05) is 0 Å². The van der Waals surface area contributed by atoms with E-state index in [9.17, 15) is 4.57 Å². The molecule has 0 amide bonds. The van der Waals surface area contributed by atoms with Crippen molar-refractivity contribution in [3.63, 3.8) is 0 Å². The van der Waals surface area contributed by atoms with E-state index in [1.165, 1.54) is 28.3 Å². The molecule has 0 radical (unpaired) electrons. The van der Waals surface area contributed by atoms with Crippen LogP contribution in [0, 0.1) is 11.3 Å². The largest absolute Gasteiger partial charge is 0.473 e. The van der Waals surface area contributed by atoms with Crippen molar-refractivity contribution in [1.82, 2.24) is 0 Å². The van der Waals surface area contributed by atoms with Crippen LogP contribution in [-0.4, -0.2) is 21.3 Å². The molecule has 0 heterocycles. The Kier molecular flexibility index (Phi) is 9.25. The minimum absolute atomic E-state index is 1.26. The molecule has 0 saturated heterocycles. The van der Waals surface area contributed by atoms with Gasteiger partial charge in [-0.05, 0) is 0 Å². The minimum Gasteiger partial charge on any atom is -0.290 e. The molecule has 0 fully saturated rings. The summed E-state index contributed by atoms with van der Waals surface area (Å²) in [7, 11) is 0.611. The summed E-state index contributed by atoms with van der Waals surface area (Å²) in [6.07, 6.45) is 0. The molecule has 6 heteroatoms. The molecule has 0 N–H and O–H groups in total. The van der Waals surface area contributed by atoms with Crippen molar-refractivity contribution in [1.29, 1.82) is 5.26 Å². The Morgan fingerprint density at radius 1 is 1.18 bits per heavy atom. The van der Waals surface area contributed by atoms with Crippen LogP contribution in [0.5, 0.6) is 0 Å². The molecule has 0 aromatic rings. The lowest BCUT2D eigenvalue weighted by molar-refractivity contribution is 0.178. The van der Waals surface area contributed by atoms with Gasteiger partial charge in [-0.3, -0.25) is 13.6 Å². The number of nitrogens with zero attached hydrogens (tertiary/aromatic N) is 1. The van der Waals surface area contributed by atoms with Gasteiger partial charge in [0.25, 0.3) is 0 Å². The number of phosphoric acid groups is 1. The molecule has 0 atom stereocenters. The van der Waals surface area contributed by atoms with Crippen molar-refractivity contribution in [2.45, 2.75) is 6.92 Å². The van der Waals surface area contributed by atoms with Crippen LogP contribution in [-0.2, 0) is 18.1 Å². The molecule has 0 bridgehead atoms. The second-order valence-electron chi connectivity index (χ2n) is 1.22. The van der Waals surface area contributed by atoms with Crippen LogP contribution in [0.25, 0.3) is 0 Å². The smallest absolute Gasteiger partial charge is 0.290 e. The van der Waals surface area contributed by atoms with Crippen molar-refractivity contribution in [3.8, 4) is 6.07 Å². The maximum Gasteiger partial charge on any atom is 0.473 e. The van der Waals surface area contributed by atoms with Crippen LogP contribution in [0.4, 0.5) is 0 Å². The Balaban J connectivity index is 0. The lowest BCUT2D eigenvalue weighted by Gasteiger charge is -2.08. The molecule has 5 nitrogen and oxygen atoms in total. The summed E-state index contributed by atoms with van der Waals surface area (Å²) in [6, 6.07) is 1.75. The first-order valence-corrected chi connectivity index (χ1v) is 4.14. The van der Waals surface area contributed by atoms with Crippen molar-refractivity contribution < 1.29 is 18.1 Å². The maximum atomic E-state index is 10.7. The van der Waals surface area contributed by atoms with E-state index in [1.807, 2.05) is 0 Å². The lowest BCUT2D eigenvalue weighted by Crippen LogP contribution is -1.88. The van der Waals surface area contributed by atoms with Gasteiger partial charge in [-0.25, -0.2) is 4.57 Å². The molecule has 11 heavy (non-hydrogen) atoms. The quantitative estimate of drug-likeness (QED) is 0.618. The monoisotopic (exact) mass is 181 g/mol. The fourth-order valence-corrected chi connectivity index (χ4v) is 0.671. The fraction of sp³-hybridized carbons (Fsp3) is 0.800. The summed E-state index contributed by atoms with van der Waals surface area (Å²) in [4.78, 5) is 0. The Labute approximate surface area is 66.5 Å². The summed E-state index contributed by atoms with van der Waals surface area (Å²) >= 11 is 0. The van der Waals surface area contributed by atoms with Crippen molar-refractivity contribution >= 4 is 7.82 Å². The summed E-state index contributed by atoms with van der Waals surface area (Å²) in [5, 5.41) is 7.32. The topological polar surface area (TPSA) is 68.5 Å². The average molecular weight is 181 g/mol. The molecule has 0 spiro atoms. The van der Waals surface area contributed by atoms with Crippen LogP contribution >= 0.6 is 7.82 Å². The Hall–Kier alpha value is -0.400.